The van der Waals surface area contributed by atoms with Crippen molar-refractivity contribution in [3.05, 3.63) is 53.9 Å². The van der Waals surface area contributed by atoms with Crippen molar-refractivity contribution >= 4 is 22.2 Å². The predicted octanol–water partition coefficient (Wildman–Crippen LogP) is 3.50. The summed E-state index contributed by atoms with van der Waals surface area (Å²) >= 11 is 1.58. The van der Waals surface area contributed by atoms with Gasteiger partial charge in [-0.05, 0) is 30.3 Å². The van der Waals surface area contributed by atoms with Gasteiger partial charge in [0.05, 0.1) is 6.61 Å². The zero-order valence-electron chi connectivity index (χ0n) is 13.3. The first kappa shape index (κ1) is 16.3. The van der Waals surface area contributed by atoms with Crippen LogP contribution >= 0.6 is 11.3 Å². The summed E-state index contributed by atoms with van der Waals surface area (Å²) in [4.78, 5) is 0. The van der Waals surface area contributed by atoms with Gasteiger partial charge < -0.3 is 14.9 Å². The second kappa shape index (κ2) is 7.33. The monoisotopic (exact) mass is 343 g/mol. The highest BCUT2D eigenvalue weighted by atomic mass is 32.1. The lowest BCUT2D eigenvalue weighted by Gasteiger charge is -2.07. The van der Waals surface area contributed by atoms with Crippen molar-refractivity contribution in [3.8, 4) is 22.8 Å². The van der Waals surface area contributed by atoms with E-state index in [1.807, 2.05) is 35.7 Å². The molecule has 0 spiro atoms. The number of nitrogens with zero attached hydrogens (tertiary/aromatic N) is 1. The molecule has 3 aromatic rings. The number of nitrogens with one attached hydrogen (secondary N) is 1. The van der Waals surface area contributed by atoms with E-state index in [4.69, 9.17) is 4.74 Å². The largest absolute Gasteiger partial charge is 0.504 e. The van der Waals surface area contributed by atoms with Gasteiger partial charge in [0.25, 0.3) is 0 Å². The minimum absolute atomic E-state index is 0.125. The quantitative estimate of drug-likeness (QED) is 0.473. The number of methoxy groups -OCH3 is 1. The number of benzene rings is 2. The third kappa shape index (κ3) is 3.50. The average Bonchev–Trinajstić information content (AvgIpc) is 2.99. The number of para-hydroxylation sites is 1. The Bertz CT molecular complexity index is 818. The number of rotatable bonds is 6. The fourth-order valence-electron chi connectivity index (χ4n) is 2.40. The van der Waals surface area contributed by atoms with Gasteiger partial charge in [-0.25, -0.2) is 9.88 Å². The molecule has 6 heteroatoms. The minimum atomic E-state index is -0.130. The van der Waals surface area contributed by atoms with Gasteiger partial charge in [0.1, 0.15) is 17.9 Å². The van der Waals surface area contributed by atoms with Crippen molar-refractivity contribution in [2.45, 2.75) is 6.54 Å². The molecule has 1 aromatic heterocycles. The Balaban J connectivity index is 1.98. The van der Waals surface area contributed by atoms with Crippen LogP contribution in [0.4, 0.5) is 10.8 Å². The summed E-state index contributed by atoms with van der Waals surface area (Å²) in [5.74, 6) is -0.255. The zero-order valence-corrected chi connectivity index (χ0v) is 14.1. The Morgan fingerprint density at radius 1 is 1.08 bits per heavy atom. The van der Waals surface area contributed by atoms with Crippen molar-refractivity contribution < 1.29 is 19.5 Å². The second-order valence-electron chi connectivity index (χ2n) is 5.27. The average molecular weight is 343 g/mol. The van der Waals surface area contributed by atoms with E-state index in [1.54, 1.807) is 30.6 Å². The number of thiazole rings is 1. The van der Waals surface area contributed by atoms with Crippen molar-refractivity contribution in [2.24, 2.45) is 0 Å². The van der Waals surface area contributed by atoms with Crippen molar-refractivity contribution in [1.29, 1.82) is 0 Å². The van der Waals surface area contributed by atoms with E-state index in [9.17, 15) is 10.2 Å². The van der Waals surface area contributed by atoms with E-state index in [0.717, 1.165) is 22.1 Å². The molecule has 1 heterocycles. The molecule has 5 nitrogen and oxygen atoms in total. The number of hydrogen-bond donors (Lipinski definition) is 3. The van der Waals surface area contributed by atoms with Gasteiger partial charge in [-0.1, -0.05) is 29.5 Å². The lowest BCUT2D eigenvalue weighted by atomic mass is 10.1. The molecule has 0 radical (unpaired) electrons. The van der Waals surface area contributed by atoms with Gasteiger partial charge >= 0.3 is 5.13 Å². The van der Waals surface area contributed by atoms with Gasteiger partial charge in [0, 0.05) is 18.1 Å². The summed E-state index contributed by atoms with van der Waals surface area (Å²) in [6, 6.07) is 14.8. The molecule has 24 heavy (non-hydrogen) atoms. The van der Waals surface area contributed by atoms with Crippen LogP contribution in [0.25, 0.3) is 11.3 Å². The molecule has 0 unspecified atom stereocenters. The molecule has 0 atom stereocenters. The minimum Gasteiger partial charge on any atom is -0.504 e. The Morgan fingerprint density at radius 3 is 2.58 bits per heavy atom. The molecule has 0 aliphatic carbocycles. The first-order valence-electron chi connectivity index (χ1n) is 7.53. The first-order chi connectivity index (χ1) is 11.7. The molecule has 0 aliphatic rings. The number of aromatic hydroxyl groups is 2. The molecule has 124 valence electrons. The number of phenolic OH excluding ortho intramolecular Hbond substituents is 2. The predicted molar refractivity (Wildman–Crippen MR) is 94.9 cm³/mol. The molecule has 0 fully saturated rings. The number of aromatic nitrogens is 1. The molecule has 0 aliphatic heterocycles. The number of hydrogen-bond acceptors (Lipinski definition) is 5. The Morgan fingerprint density at radius 2 is 1.88 bits per heavy atom. The van der Waals surface area contributed by atoms with Gasteiger partial charge in [-0.2, -0.15) is 0 Å². The van der Waals surface area contributed by atoms with Crippen LogP contribution in [0.5, 0.6) is 11.5 Å². The molecule has 3 N–H and O–H groups in total. The van der Waals surface area contributed by atoms with E-state index >= 15 is 0 Å². The van der Waals surface area contributed by atoms with E-state index in [2.05, 4.69) is 9.88 Å². The van der Waals surface area contributed by atoms with Crippen LogP contribution in [0.15, 0.2) is 53.9 Å². The molecule has 0 bridgehead atoms. The summed E-state index contributed by atoms with van der Waals surface area (Å²) in [6.07, 6.45) is 0. The van der Waals surface area contributed by atoms with E-state index in [0.29, 0.717) is 13.2 Å². The Labute approximate surface area is 144 Å². The molecular formula is C18H19N2O3S+. The smallest absolute Gasteiger partial charge is 0.339 e. The highest BCUT2D eigenvalue weighted by Gasteiger charge is 2.20. The van der Waals surface area contributed by atoms with E-state index in [1.165, 1.54) is 6.07 Å². The molecule has 3 rings (SSSR count). The van der Waals surface area contributed by atoms with Crippen LogP contribution < -0.4 is 9.88 Å². The Kier molecular flexibility index (Phi) is 4.98. The van der Waals surface area contributed by atoms with Gasteiger partial charge in [-0.3, -0.25) is 0 Å². The van der Waals surface area contributed by atoms with Crippen LogP contribution in [-0.2, 0) is 11.3 Å². The standard InChI is InChI=1S/C18H18N2O3S/c1-23-10-9-20-15(13-7-8-16(21)17(22)11-13)12-24-18(20)19-14-5-3-2-4-6-14/h2-8,11-12,21-22H,9-10H2,1H3/p+1. The molecule has 0 saturated carbocycles. The van der Waals surface area contributed by atoms with Crippen molar-refractivity contribution in [3.63, 3.8) is 0 Å². The lowest BCUT2D eigenvalue weighted by molar-refractivity contribution is -0.669. The highest BCUT2D eigenvalue weighted by molar-refractivity contribution is 7.13. The number of ether oxygens (including phenoxy) is 1. The summed E-state index contributed by atoms with van der Waals surface area (Å²) in [6.45, 7) is 1.24. The lowest BCUT2D eigenvalue weighted by Crippen LogP contribution is -2.38. The normalized spacial score (nSPS) is 10.7. The van der Waals surface area contributed by atoms with Gasteiger partial charge in [0.2, 0.25) is 0 Å². The SMILES string of the molecule is COCC[n+]1c(-c2ccc(O)c(O)c2)csc1Nc1ccccc1. The summed E-state index contributed by atoms with van der Waals surface area (Å²) in [5, 5.41) is 25.7. The maximum absolute atomic E-state index is 9.77. The van der Waals surface area contributed by atoms with Crippen LogP contribution in [-0.4, -0.2) is 23.9 Å². The van der Waals surface area contributed by atoms with Gasteiger partial charge in [-0.15, -0.1) is 0 Å². The molecule has 0 saturated heterocycles. The topological polar surface area (TPSA) is 65.6 Å². The Hall–Kier alpha value is -2.57. The van der Waals surface area contributed by atoms with Crippen LogP contribution in [0.1, 0.15) is 0 Å². The zero-order chi connectivity index (χ0) is 16.9. The van der Waals surface area contributed by atoms with Crippen molar-refractivity contribution in [2.75, 3.05) is 19.0 Å². The van der Waals surface area contributed by atoms with Crippen molar-refractivity contribution in [1.82, 2.24) is 0 Å². The summed E-state index contributed by atoms with van der Waals surface area (Å²) in [5.41, 5.74) is 2.79. The third-order valence-corrected chi connectivity index (χ3v) is 4.52. The maximum atomic E-state index is 9.77. The third-order valence-electron chi connectivity index (χ3n) is 3.63. The summed E-state index contributed by atoms with van der Waals surface area (Å²) in [7, 11) is 1.67. The second-order valence-corrected chi connectivity index (χ2v) is 6.12. The highest BCUT2D eigenvalue weighted by Crippen LogP contribution is 2.31. The van der Waals surface area contributed by atoms with Crippen LogP contribution in [0.3, 0.4) is 0 Å². The summed E-state index contributed by atoms with van der Waals surface area (Å²) < 4.78 is 7.32. The van der Waals surface area contributed by atoms with E-state index in [-0.39, 0.29) is 11.5 Å². The van der Waals surface area contributed by atoms with Crippen LogP contribution in [0, 0.1) is 0 Å². The van der Waals surface area contributed by atoms with Gasteiger partial charge in [0.15, 0.2) is 11.5 Å². The fraction of sp³-hybridized carbons (Fsp3) is 0.167. The maximum Gasteiger partial charge on any atom is 0.339 e. The van der Waals surface area contributed by atoms with E-state index < -0.39 is 0 Å². The number of anilines is 2. The fourth-order valence-corrected chi connectivity index (χ4v) is 3.38. The molecular weight excluding hydrogens is 324 g/mol. The molecule has 2 aromatic carbocycles. The van der Waals surface area contributed by atoms with Crippen LogP contribution in [0.2, 0.25) is 0 Å². The first-order valence-corrected chi connectivity index (χ1v) is 8.41. The number of phenols is 2. The molecule has 0 amide bonds.